The molecule has 0 saturated carbocycles. The zero-order chi connectivity index (χ0) is 19.8. The van der Waals surface area contributed by atoms with Gasteiger partial charge in [-0.3, -0.25) is 19.7 Å². The number of anilines is 1. The monoisotopic (exact) mass is 376 g/mol. The number of aryl methyl sites for hydroxylation is 1. The van der Waals surface area contributed by atoms with E-state index in [4.69, 9.17) is 9.47 Å². The van der Waals surface area contributed by atoms with Crippen LogP contribution in [-0.2, 0) is 14.3 Å². The predicted molar refractivity (Wildman–Crippen MR) is 93.9 cm³/mol. The summed E-state index contributed by atoms with van der Waals surface area (Å²) in [5.41, 5.74) is 0.184. The number of nitro benzene ring substituents is 1. The van der Waals surface area contributed by atoms with Gasteiger partial charge in [0.2, 0.25) is 5.82 Å². The lowest BCUT2D eigenvalue weighted by Crippen LogP contribution is -2.21. The van der Waals surface area contributed by atoms with Crippen molar-refractivity contribution in [3.63, 3.8) is 0 Å². The highest BCUT2D eigenvalue weighted by molar-refractivity contribution is 5.93. The predicted octanol–water partition coefficient (Wildman–Crippen LogP) is 2.99. The zero-order valence-electron chi connectivity index (χ0n) is 14.4. The summed E-state index contributed by atoms with van der Waals surface area (Å²) < 4.78 is 23.5. The Balaban J connectivity index is 1.75. The molecule has 27 heavy (non-hydrogen) atoms. The van der Waals surface area contributed by atoms with E-state index >= 15 is 0 Å². The largest absolute Gasteiger partial charge is 0.493 e. The summed E-state index contributed by atoms with van der Waals surface area (Å²) in [4.78, 5) is 33.1. The second-order valence-electron chi connectivity index (χ2n) is 5.50. The molecule has 2 aromatic carbocycles. The number of benzene rings is 2. The van der Waals surface area contributed by atoms with Gasteiger partial charge in [0, 0.05) is 11.8 Å². The van der Waals surface area contributed by atoms with E-state index in [-0.39, 0.29) is 18.7 Å². The summed E-state index contributed by atoms with van der Waals surface area (Å²) in [5, 5.41) is 13.0. The van der Waals surface area contributed by atoms with Crippen molar-refractivity contribution < 1.29 is 28.4 Å². The quantitative estimate of drug-likeness (QED) is 0.431. The Bertz CT molecular complexity index is 855. The number of carbonyl (C=O) groups is 2. The average Bonchev–Trinajstić information content (AvgIpc) is 2.63. The molecule has 142 valence electrons. The molecule has 0 fully saturated rings. The lowest BCUT2D eigenvalue weighted by Gasteiger charge is -2.09. The van der Waals surface area contributed by atoms with Crippen LogP contribution < -0.4 is 10.1 Å². The molecular weight excluding hydrogens is 359 g/mol. The van der Waals surface area contributed by atoms with E-state index in [1.807, 2.05) is 25.1 Å². The van der Waals surface area contributed by atoms with Crippen molar-refractivity contribution in [1.82, 2.24) is 0 Å². The van der Waals surface area contributed by atoms with Gasteiger partial charge < -0.3 is 14.8 Å². The minimum atomic E-state index is -1.02. The molecule has 2 aromatic rings. The summed E-state index contributed by atoms with van der Waals surface area (Å²) in [7, 11) is 0. The molecule has 0 unspecified atom stereocenters. The van der Waals surface area contributed by atoms with Gasteiger partial charge >= 0.3 is 11.7 Å². The number of para-hydroxylation sites is 1. The van der Waals surface area contributed by atoms with Gasteiger partial charge in [-0.15, -0.1) is 0 Å². The molecule has 8 nitrogen and oxygen atoms in total. The van der Waals surface area contributed by atoms with Crippen molar-refractivity contribution in [3.8, 4) is 5.75 Å². The number of hydrogen-bond acceptors (Lipinski definition) is 6. The maximum absolute atomic E-state index is 13.2. The minimum Gasteiger partial charge on any atom is -0.493 e. The van der Waals surface area contributed by atoms with E-state index < -0.39 is 34.9 Å². The van der Waals surface area contributed by atoms with Gasteiger partial charge in [0.15, 0.2) is 6.61 Å². The van der Waals surface area contributed by atoms with E-state index in [1.165, 1.54) is 0 Å². The topological polar surface area (TPSA) is 108 Å². The van der Waals surface area contributed by atoms with Crippen LogP contribution in [0.1, 0.15) is 12.0 Å². The smallest absolute Gasteiger partial charge is 0.309 e. The summed E-state index contributed by atoms with van der Waals surface area (Å²) in [6.07, 6.45) is -0.0520. The molecule has 0 aromatic heterocycles. The van der Waals surface area contributed by atoms with Crippen molar-refractivity contribution in [2.24, 2.45) is 0 Å². The molecule has 0 bridgehead atoms. The molecule has 0 aliphatic rings. The number of carbonyl (C=O) groups excluding carboxylic acids is 2. The molecular formula is C18H17FN2O6. The molecule has 2 rings (SSSR count). The van der Waals surface area contributed by atoms with Crippen molar-refractivity contribution in [2.75, 3.05) is 18.5 Å². The Hall–Kier alpha value is -3.49. The Labute approximate surface area is 154 Å². The standard InChI is InChI=1S/C18H17FN2O6/c1-12-4-2-3-5-16(12)26-9-8-18(23)27-11-17(22)20-13-6-7-14(19)15(10-13)21(24)25/h2-7,10H,8-9,11H2,1H3,(H,20,22). The van der Waals surface area contributed by atoms with Crippen LogP contribution in [0.4, 0.5) is 15.8 Å². The summed E-state index contributed by atoms with van der Waals surface area (Å²) in [5.74, 6) is -1.70. The lowest BCUT2D eigenvalue weighted by atomic mass is 10.2. The van der Waals surface area contributed by atoms with Crippen LogP contribution in [0.5, 0.6) is 5.75 Å². The van der Waals surface area contributed by atoms with Crippen LogP contribution in [0.15, 0.2) is 42.5 Å². The number of halogens is 1. The third-order valence-corrected chi connectivity index (χ3v) is 3.45. The van der Waals surface area contributed by atoms with E-state index in [1.54, 1.807) is 6.07 Å². The normalized spacial score (nSPS) is 10.1. The van der Waals surface area contributed by atoms with Crippen molar-refractivity contribution in [2.45, 2.75) is 13.3 Å². The molecule has 1 amide bonds. The molecule has 0 aliphatic carbocycles. The van der Waals surface area contributed by atoms with Gasteiger partial charge in [-0.05, 0) is 30.7 Å². The van der Waals surface area contributed by atoms with E-state index in [0.29, 0.717) is 5.75 Å². The number of ether oxygens (including phenoxy) is 2. The van der Waals surface area contributed by atoms with Crippen LogP contribution in [0.2, 0.25) is 0 Å². The first-order valence-corrected chi connectivity index (χ1v) is 7.94. The first-order chi connectivity index (χ1) is 12.9. The minimum absolute atomic E-state index is 0.0204. The van der Waals surface area contributed by atoms with Crippen molar-refractivity contribution >= 4 is 23.3 Å². The zero-order valence-corrected chi connectivity index (χ0v) is 14.4. The highest BCUT2D eigenvalue weighted by Gasteiger charge is 2.16. The Morgan fingerprint density at radius 2 is 1.96 bits per heavy atom. The highest BCUT2D eigenvalue weighted by Crippen LogP contribution is 2.21. The summed E-state index contributed by atoms with van der Waals surface area (Å²) in [6.45, 7) is 1.39. The number of amides is 1. The second-order valence-corrected chi connectivity index (χ2v) is 5.50. The third-order valence-electron chi connectivity index (χ3n) is 3.45. The molecule has 0 spiro atoms. The van der Waals surface area contributed by atoms with Crippen LogP contribution in [0.3, 0.4) is 0 Å². The van der Waals surface area contributed by atoms with Gasteiger partial charge in [0.05, 0.1) is 18.0 Å². The molecule has 1 N–H and O–H groups in total. The first-order valence-electron chi connectivity index (χ1n) is 7.94. The fourth-order valence-electron chi connectivity index (χ4n) is 2.11. The molecule has 9 heteroatoms. The second kappa shape index (κ2) is 9.27. The number of nitro groups is 1. The average molecular weight is 376 g/mol. The van der Waals surface area contributed by atoms with Crippen LogP contribution >= 0.6 is 0 Å². The number of hydrogen-bond donors (Lipinski definition) is 1. The fraction of sp³-hybridized carbons (Fsp3) is 0.222. The maximum Gasteiger partial charge on any atom is 0.309 e. The number of nitrogens with one attached hydrogen (secondary N) is 1. The SMILES string of the molecule is Cc1ccccc1OCCC(=O)OCC(=O)Nc1ccc(F)c([N+](=O)[O-])c1. The number of nitrogens with zero attached hydrogens (tertiary/aromatic N) is 1. The molecule has 0 atom stereocenters. The maximum atomic E-state index is 13.2. The van der Waals surface area contributed by atoms with Gasteiger partial charge in [0.1, 0.15) is 5.75 Å². The van der Waals surface area contributed by atoms with E-state index in [2.05, 4.69) is 5.32 Å². The fourth-order valence-corrected chi connectivity index (χ4v) is 2.11. The van der Waals surface area contributed by atoms with Gasteiger partial charge in [-0.25, -0.2) is 0 Å². The third kappa shape index (κ3) is 6.07. The van der Waals surface area contributed by atoms with E-state index in [0.717, 1.165) is 23.8 Å². The lowest BCUT2D eigenvalue weighted by molar-refractivity contribution is -0.387. The highest BCUT2D eigenvalue weighted by atomic mass is 19.1. The Kier molecular flexibility index (Phi) is 6.81. The first kappa shape index (κ1) is 19.8. The van der Waals surface area contributed by atoms with Crippen LogP contribution in [0.25, 0.3) is 0 Å². The summed E-state index contributed by atoms with van der Waals surface area (Å²) >= 11 is 0. The van der Waals surface area contributed by atoms with Gasteiger partial charge in [-0.1, -0.05) is 18.2 Å². The molecule has 0 aliphatic heterocycles. The Morgan fingerprint density at radius 1 is 1.22 bits per heavy atom. The molecule has 0 heterocycles. The van der Waals surface area contributed by atoms with Gasteiger partial charge in [-0.2, -0.15) is 4.39 Å². The summed E-state index contributed by atoms with van der Waals surface area (Å²) in [6, 6.07) is 10.2. The number of rotatable bonds is 8. The van der Waals surface area contributed by atoms with Crippen molar-refractivity contribution in [3.05, 3.63) is 64.0 Å². The van der Waals surface area contributed by atoms with Crippen LogP contribution in [-0.4, -0.2) is 30.0 Å². The van der Waals surface area contributed by atoms with Crippen LogP contribution in [0, 0.1) is 22.9 Å². The molecule has 0 radical (unpaired) electrons. The number of esters is 1. The van der Waals surface area contributed by atoms with Crippen molar-refractivity contribution in [1.29, 1.82) is 0 Å². The van der Waals surface area contributed by atoms with Gasteiger partial charge in [0.25, 0.3) is 5.91 Å². The Morgan fingerprint density at radius 3 is 2.67 bits per heavy atom. The van der Waals surface area contributed by atoms with E-state index in [9.17, 15) is 24.1 Å². The molecule has 0 saturated heterocycles.